The molecule has 3 rings (SSSR count). The average Bonchev–Trinajstić information content (AvgIpc) is 2.98. The Morgan fingerprint density at radius 3 is 2.69 bits per heavy atom. The molecule has 1 aromatic carbocycles. The van der Waals surface area contributed by atoms with E-state index in [1.807, 2.05) is 6.92 Å². The summed E-state index contributed by atoms with van der Waals surface area (Å²) in [7, 11) is 0. The highest BCUT2D eigenvalue weighted by atomic mass is 35.5. The van der Waals surface area contributed by atoms with E-state index >= 15 is 0 Å². The summed E-state index contributed by atoms with van der Waals surface area (Å²) >= 11 is 7.15. The molecule has 1 aromatic heterocycles. The molecule has 1 amide bonds. The molecule has 6 heteroatoms. The zero-order valence-electron chi connectivity index (χ0n) is 14.9. The quantitative estimate of drug-likeness (QED) is 0.574. The van der Waals surface area contributed by atoms with Crippen molar-refractivity contribution in [2.45, 2.75) is 33.1 Å². The Morgan fingerprint density at radius 1 is 1.31 bits per heavy atom. The maximum Gasteiger partial charge on any atom is 0.239 e. The molecule has 138 valence electrons. The fourth-order valence-corrected chi connectivity index (χ4v) is 4.74. The van der Waals surface area contributed by atoms with Crippen molar-refractivity contribution in [1.82, 2.24) is 0 Å². The number of benzene rings is 1. The smallest absolute Gasteiger partial charge is 0.239 e. The van der Waals surface area contributed by atoms with Crippen LogP contribution in [0, 0.1) is 5.92 Å². The van der Waals surface area contributed by atoms with Gasteiger partial charge in [0.05, 0.1) is 12.2 Å². The number of carbonyl (C=O) groups is 2. The number of fused-ring (bicyclic) bond motifs is 1. The number of amides is 1. The van der Waals surface area contributed by atoms with Crippen molar-refractivity contribution in [3.63, 3.8) is 0 Å². The molecule has 0 unspecified atom stereocenters. The Kier molecular flexibility index (Phi) is 5.99. The SMILES string of the molecule is CCOc1ccc(C(=O)c2c(NC(=O)CCl)sc3c2CC[C@H](C)C3)cc1. The van der Waals surface area contributed by atoms with E-state index in [-0.39, 0.29) is 17.6 Å². The van der Waals surface area contributed by atoms with Crippen molar-refractivity contribution in [2.75, 3.05) is 17.8 Å². The first-order chi connectivity index (χ1) is 12.5. The second-order valence-electron chi connectivity index (χ2n) is 6.52. The highest BCUT2D eigenvalue weighted by Gasteiger charge is 2.28. The molecule has 0 bridgehead atoms. The van der Waals surface area contributed by atoms with Crippen LogP contribution in [0.1, 0.15) is 46.6 Å². The summed E-state index contributed by atoms with van der Waals surface area (Å²) in [6.07, 6.45) is 2.86. The van der Waals surface area contributed by atoms with Gasteiger partial charge in [0.2, 0.25) is 5.91 Å². The monoisotopic (exact) mass is 391 g/mol. The highest BCUT2D eigenvalue weighted by Crippen LogP contribution is 2.40. The van der Waals surface area contributed by atoms with Gasteiger partial charge in [0.25, 0.3) is 0 Å². The maximum atomic E-state index is 13.2. The van der Waals surface area contributed by atoms with E-state index < -0.39 is 0 Å². The molecule has 1 aliphatic rings. The Hall–Kier alpha value is -1.85. The van der Waals surface area contributed by atoms with Crippen LogP contribution in [0.3, 0.4) is 0 Å². The minimum atomic E-state index is -0.293. The standard InChI is InChI=1S/C20H22ClNO3S/c1-3-25-14-7-5-13(6-8-14)19(24)18-15-9-4-12(2)10-16(15)26-20(18)22-17(23)11-21/h5-8,12H,3-4,9-11H2,1-2H3,(H,22,23)/t12-/m0/s1. The normalized spacial score (nSPS) is 16.0. The van der Waals surface area contributed by atoms with Crippen LogP contribution in [-0.2, 0) is 17.6 Å². The van der Waals surface area contributed by atoms with Crippen LogP contribution in [0.15, 0.2) is 24.3 Å². The topological polar surface area (TPSA) is 55.4 Å². The third kappa shape index (κ3) is 3.94. The summed E-state index contributed by atoms with van der Waals surface area (Å²) in [6.45, 7) is 4.72. The minimum Gasteiger partial charge on any atom is -0.494 e. The van der Waals surface area contributed by atoms with Gasteiger partial charge >= 0.3 is 0 Å². The van der Waals surface area contributed by atoms with E-state index in [4.69, 9.17) is 16.3 Å². The first kappa shape index (κ1) is 18.9. The molecule has 2 aromatic rings. The summed E-state index contributed by atoms with van der Waals surface area (Å²) in [4.78, 5) is 26.2. The molecular formula is C20H22ClNO3S. The van der Waals surface area contributed by atoms with Gasteiger partial charge in [0.15, 0.2) is 5.78 Å². The van der Waals surface area contributed by atoms with E-state index in [2.05, 4.69) is 12.2 Å². The van der Waals surface area contributed by atoms with Crippen LogP contribution in [0.4, 0.5) is 5.00 Å². The molecule has 26 heavy (non-hydrogen) atoms. The van der Waals surface area contributed by atoms with Gasteiger partial charge in [-0.05, 0) is 61.9 Å². The third-order valence-corrected chi connectivity index (χ3v) is 5.95. The summed E-state index contributed by atoms with van der Waals surface area (Å²) in [5.74, 6) is 0.839. The number of alkyl halides is 1. The molecule has 0 fully saturated rings. The summed E-state index contributed by atoms with van der Waals surface area (Å²) in [5.41, 5.74) is 2.30. The molecule has 0 saturated carbocycles. The number of ether oxygens (including phenoxy) is 1. The molecule has 1 aliphatic carbocycles. The Morgan fingerprint density at radius 2 is 2.04 bits per heavy atom. The number of anilines is 1. The lowest BCUT2D eigenvalue weighted by Crippen LogP contribution is -2.16. The Bertz CT molecular complexity index is 813. The molecule has 0 spiro atoms. The van der Waals surface area contributed by atoms with Gasteiger partial charge in [0, 0.05) is 10.4 Å². The first-order valence-corrected chi connectivity index (χ1v) is 10.2. The highest BCUT2D eigenvalue weighted by molar-refractivity contribution is 7.17. The molecule has 4 nitrogen and oxygen atoms in total. The Labute approximate surface area is 162 Å². The third-order valence-electron chi connectivity index (χ3n) is 4.54. The number of thiophene rings is 1. The number of hydrogen-bond acceptors (Lipinski definition) is 4. The molecule has 0 aliphatic heterocycles. The van der Waals surface area contributed by atoms with Crippen molar-refractivity contribution < 1.29 is 14.3 Å². The zero-order chi connectivity index (χ0) is 18.7. The van der Waals surface area contributed by atoms with Crippen molar-refractivity contribution in [1.29, 1.82) is 0 Å². The molecule has 0 radical (unpaired) electrons. The van der Waals surface area contributed by atoms with E-state index in [9.17, 15) is 9.59 Å². The van der Waals surface area contributed by atoms with Crippen LogP contribution in [0.25, 0.3) is 0 Å². The van der Waals surface area contributed by atoms with Gasteiger partial charge in [-0.1, -0.05) is 6.92 Å². The van der Waals surface area contributed by atoms with Crippen LogP contribution in [0.5, 0.6) is 5.75 Å². The van der Waals surface area contributed by atoms with E-state index in [1.54, 1.807) is 24.3 Å². The van der Waals surface area contributed by atoms with Gasteiger partial charge in [-0.15, -0.1) is 22.9 Å². The zero-order valence-corrected chi connectivity index (χ0v) is 16.5. The molecule has 1 N–H and O–H groups in total. The lowest BCUT2D eigenvalue weighted by molar-refractivity contribution is -0.113. The number of hydrogen-bond donors (Lipinski definition) is 1. The van der Waals surface area contributed by atoms with Gasteiger partial charge in [0.1, 0.15) is 16.6 Å². The summed E-state index contributed by atoms with van der Waals surface area (Å²) in [5, 5.41) is 3.44. The van der Waals surface area contributed by atoms with Crippen molar-refractivity contribution in [2.24, 2.45) is 5.92 Å². The average molecular weight is 392 g/mol. The molecule has 1 atom stereocenters. The minimum absolute atomic E-state index is 0.0648. The Balaban J connectivity index is 1.98. The lowest BCUT2D eigenvalue weighted by atomic mass is 9.86. The largest absolute Gasteiger partial charge is 0.494 e. The molecular weight excluding hydrogens is 370 g/mol. The summed E-state index contributed by atoms with van der Waals surface area (Å²) in [6, 6.07) is 7.15. The van der Waals surface area contributed by atoms with Crippen LogP contribution < -0.4 is 10.1 Å². The first-order valence-electron chi connectivity index (χ1n) is 8.81. The van der Waals surface area contributed by atoms with Crippen molar-refractivity contribution in [3.8, 4) is 5.75 Å². The van der Waals surface area contributed by atoms with Crippen LogP contribution in [-0.4, -0.2) is 24.2 Å². The van der Waals surface area contributed by atoms with Gasteiger partial charge < -0.3 is 10.1 Å². The predicted molar refractivity (Wildman–Crippen MR) is 106 cm³/mol. The number of halogens is 1. The number of carbonyl (C=O) groups excluding carboxylic acids is 2. The number of ketones is 1. The predicted octanol–water partition coefficient (Wildman–Crippen LogP) is 4.68. The second kappa shape index (κ2) is 8.23. The summed E-state index contributed by atoms with van der Waals surface area (Å²) < 4.78 is 5.44. The fourth-order valence-electron chi connectivity index (χ4n) is 3.25. The second-order valence-corrected chi connectivity index (χ2v) is 7.90. The van der Waals surface area contributed by atoms with Gasteiger partial charge in [-0.25, -0.2) is 0 Å². The lowest BCUT2D eigenvalue weighted by Gasteiger charge is -2.18. The molecule has 1 heterocycles. The van der Waals surface area contributed by atoms with Gasteiger partial charge in [-0.3, -0.25) is 9.59 Å². The van der Waals surface area contributed by atoms with E-state index in [1.165, 1.54) is 16.2 Å². The van der Waals surface area contributed by atoms with E-state index in [0.717, 1.165) is 30.6 Å². The van der Waals surface area contributed by atoms with E-state index in [0.29, 0.717) is 28.7 Å². The number of nitrogens with one attached hydrogen (secondary N) is 1. The van der Waals surface area contributed by atoms with Crippen LogP contribution >= 0.6 is 22.9 Å². The van der Waals surface area contributed by atoms with Crippen LogP contribution in [0.2, 0.25) is 0 Å². The maximum absolute atomic E-state index is 13.2. The van der Waals surface area contributed by atoms with Gasteiger partial charge in [-0.2, -0.15) is 0 Å². The number of rotatable bonds is 6. The fraction of sp³-hybridized carbons (Fsp3) is 0.400. The van der Waals surface area contributed by atoms with Crippen molar-refractivity contribution >= 4 is 39.6 Å². The molecule has 0 saturated heterocycles. The van der Waals surface area contributed by atoms with Crippen molar-refractivity contribution in [3.05, 3.63) is 45.8 Å².